The highest BCUT2D eigenvalue weighted by Crippen LogP contribution is 2.34. The topological polar surface area (TPSA) is 61.4 Å². The maximum absolute atomic E-state index is 11.9. The van der Waals surface area contributed by atoms with Crippen molar-refractivity contribution in [3.05, 3.63) is 28.7 Å². The summed E-state index contributed by atoms with van der Waals surface area (Å²) in [6.07, 6.45) is 4.07. The second-order valence-corrected chi connectivity index (χ2v) is 7.95. The van der Waals surface area contributed by atoms with Crippen LogP contribution in [0.25, 0.3) is 0 Å². The molecule has 1 unspecified atom stereocenters. The molecule has 0 aliphatic heterocycles. The molecule has 5 heteroatoms. The summed E-state index contributed by atoms with van der Waals surface area (Å²) in [6.45, 7) is 13.0. The summed E-state index contributed by atoms with van der Waals surface area (Å²) in [5.41, 5.74) is 5.52. The molecule has 132 valence electrons. The minimum atomic E-state index is 0.0333. The summed E-state index contributed by atoms with van der Waals surface area (Å²) in [5, 5.41) is 7.39. The summed E-state index contributed by atoms with van der Waals surface area (Å²) >= 11 is 0. The number of carbonyl (C=O) groups is 1. The number of allylic oxidation sites excluding steroid dienone is 2. The highest BCUT2D eigenvalue weighted by molar-refractivity contribution is 6.03. The Hall–Kier alpha value is -1.91. The van der Waals surface area contributed by atoms with Crippen molar-refractivity contribution in [1.29, 1.82) is 0 Å². The molecule has 2 rings (SSSR count). The first-order valence-electron chi connectivity index (χ1n) is 8.61. The van der Waals surface area contributed by atoms with Gasteiger partial charge in [0.25, 0.3) is 0 Å². The van der Waals surface area contributed by atoms with Gasteiger partial charge in [-0.3, -0.25) is 14.9 Å². The number of nitrogens with zero attached hydrogens (tertiary/aromatic N) is 3. The zero-order chi connectivity index (χ0) is 18.1. The van der Waals surface area contributed by atoms with Crippen LogP contribution in [-0.4, -0.2) is 40.3 Å². The number of aromatic amines is 1. The molecule has 1 aliphatic rings. The van der Waals surface area contributed by atoms with Gasteiger partial charge in [0.15, 0.2) is 0 Å². The molecule has 0 saturated heterocycles. The smallest absolute Gasteiger partial charge is 0.223 e. The summed E-state index contributed by atoms with van der Waals surface area (Å²) in [7, 11) is 1.83. The number of rotatable bonds is 3. The lowest BCUT2D eigenvalue weighted by Gasteiger charge is -2.29. The van der Waals surface area contributed by atoms with Crippen LogP contribution in [0.2, 0.25) is 0 Å². The molecule has 1 atom stereocenters. The van der Waals surface area contributed by atoms with Crippen molar-refractivity contribution in [2.45, 2.75) is 60.3 Å². The number of aliphatic imine (C=N–C) groups is 1. The van der Waals surface area contributed by atoms with Crippen molar-refractivity contribution in [3.63, 3.8) is 0 Å². The Morgan fingerprint density at radius 3 is 2.58 bits per heavy atom. The number of hydrogen-bond acceptors (Lipinski definition) is 3. The minimum Gasteiger partial charge on any atom is -0.314 e. The fourth-order valence-corrected chi connectivity index (χ4v) is 3.09. The van der Waals surface area contributed by atoms with E-state index in [1.807, 2.05) is 14.0 Å². The largest absolute Gasteiger partial charge is 0.314 e. The molecule has 1 heterocycles. The van der Waals surface area contributed by atoms with Gasteiger partial charge in [0.2, 0.25) is 5.91 Å². The van der Waals surface area contributed by atoms with E-state index < -0.39 is 0 Å². The van der Waals surface area contributed by atoms with Crippen LogP contribution in [0, 0.1) is 19.3 Å². The van der Waals surface area contributed by atoms with Gasteiger partial charge >= 0.3 is 0 Å². The second-order valence-electron chi connectivity index (χ2n) is 7.95. The quantitative estimate of drug-likeness (QED) is 0.917. The lowest BCUT2D eigenvalue weighted by atomic mass is 9.85. The van der Waals surface area contributed by atoms with Gasteiger partial charge in [0, 0.05) is 37.7 Å². The highest BCUT2D eigenvalue weighted by Gasteiger charge is 2.27. The third-order valence-electron chi connectivity index (χ3n) is 4.48. The predicted octanol–water partition coefficient (Wildman–Crippen LogP) is 3.75. The van der Waals surface area contributed by atoms with Crippen LogP contribution < -0.4 is 0 Å². The number of amides is 1. The summed E-state index contributed by atoms with van der Waals surface area (Å²) in [6, 6.07) is 0. The van der Waals surface area contributed by atoms with E-state index in [4.69, 9.17) is 4.99 Å². The van der Waals surface area contributed by atoms with E-state index in [2.05, 4.69) is 44.0 Å². The molecule has 0 saturated carbocycles. The number of aryl methyl sites for hydroxylation is 2. The fraction of sp³-hybridized carbons (Fsp3) is 0.632. The predicted molar refractivity (Wildman–Crippen MR) is 98.3 cm³/mol. The Morgan fingerprint density at radius 1 is 1.42 bits per heavy atom. The SMILES string of the molecule is CC(=O)N(C)C1=CC(c2c(C)n[nH]c2C)CCC1=NCC(C)(C)C. The first-order valence-corrected chi connectivity index (χ1v) is 8.61. The normalized spacial score (nSPS) is 20.2. The molecule has 0 bridgehead atoms. The van der Waals surface area contributed by atoms with E-state index >= 15 is 0 Å². The minimum absolute atomic E-state index is 0.0333. The number of nitrogens with one attached hydrogen (secondary N) is 1. The Bertz CT molecular complexity index is 657. The molecule has 0 aromatic carbocycles. The van der Waals surface area contributed by atoms with Gasteiger partial charge in [-0.1, -0.05) is 26.8 Å². The van der Waals surface area contributed by atoms with Crippen LogP contribution in [0.1, 0.15) is 63.4 Å². The molecule has 0 fully saturated rings. The van der Waals surface area contributed by atoms with Gasteiger partial charge in [0.1, 0.15) is 0 Å². The van der Waals surface area contributed by atoms with Crippen LogP contribution in [0.4, 0.5) is 0 Å². The van der Waals surface area contributed by atoms with Crippen molar-refractivity contribution in [1.82, 2.24) is 15.1 Å². The van der Waals surface area contributed by atoms with E-state index in [1.165, 1.54) is 5.56 Å². The van der Waals surface area contributed by atoms with Gasteiger partial charge in [-0.2, -0.15) is 5.10 Å². The summed E-state index contributed by atoms with van der Waals surface area (Å²) < 4.78 is 0. The number of hydrogen-bond donors (Lipinski definition) is 1. The van der Waals surface area contributed by atoms with Crippen molar-refractivity contribution < 1.29 is 4.79 Å². The van der Waals surface area contributed by atoms with E-state index in [9.17, 15) is 4.79 Å². The third kappa shape index (κ3) is 4.13. The molecule has 1 aliphatic carbocycles. The average Bonchev–Trinajstić information content (AvgIpc) is 2.82. The maximum atomic E-state index is 11.9. The molecule has 1 amide bonds. The summed E-state index contributed by atoms with van der Waals surface area (Å²) in [5.74, 6) is 0.306. The Morgan fingerprint density at radius 2 is 2.08 bits per heavy atom. The first kappa shape index (κ1) is 18.4. The maximum Gasteiger partial charge on any atom is 0.223 e. The van der Waals surface area contributed by atoms with Crippen LogP contribution in [0.15, 0.2) is 16.8 Å². The lowest BCUT2D eigenvalue weighted by Crippen LogP contribution is -2.31. The van der Waals surface area contributed by atoms with Crippen LogP contribution in [0.5, 0.6) is 0 Å². The monoisotopic (exact) mass is 330 g/mol. The van der Waals surface area contributed by atoms with Crippen LogP contribution >= 0.6 is 0 Å². The Balaban J connectivity index is 2.41. The van der Waals surface area contributed by atoms with Crippen molar-refractivity contribution in [2.75, 3.05) is 13.6 Å². The van der Waals surface area contributed by atoms with Gasteiger partial charge in [0.05, 0.1) is 17.1 Å². The Kier molecular flexibility index (Phi) is 5.31. The van der Waals surface area contributed by atoms with E-state index in [1.54, 1.807) is 11.8 Å². The molecule has 0 spiro atoms. The van der Waals surface area contributed by atoms with E-state index in [0.29, 0.717) is 0 Å². The highest BCUT2D eigenvalue weighted by atomic mass is 16.2. The molecule has 1 aromatic heterocycles. The van der Waals surface area contributed by atoms with Gasteiger partial charge < -0.3 is 4.90 Å². The van der Waals surface area contributed by atoms with Crippen molar-refractivity contribution >= 4 is 11.6 Å². The fourth-order valence-electron chi connectivity index (χ4n) is 3.09. The van der Waals surface area contributed by atoms with E-state index in [-0.39, 0.29) is 17.2 Å². The second kappa shape index (κ2) is 6.91. The average molecular weight is 330 g/mol. The molecule has 1 aromatic rings. The molecule has 0 radical (unpaired) electrons. The molecular weight excluding hydrogens is 300 g/mol. The zero-order valence-corrected chi connectivity index (χ0v) is 16.0. The Labute approximate surface area is 145 Å². The number of carbonyl (C=O) groups excluding carboxylic acids is 1. The summed E-state index contributed by atoms with van der Waals surface area (Å²) in [4.78, 5) is 18.5. The van der Waals surface area contributed by atoms with Crippen molar-refractivity contribution in [2.24, 2.45) is 10.4 Å². The first-order chi connectivity index (χ1) is 11.1. The molecular formula is C19H30N4O. The number of H-pyrrole nitrogens is 1. The number of aromatic nitrogens is 2. The van der Waals surface area contributed by atoms with Gasteiger partial charge in [-0.25, -0.2) is 0 Å². The third-order valence-corrected chi connectivity index (χ3v) is 4.48. The van der Waals surface area contributed by atoms with Gasteiger partial charge in [-0.15, -0.1) is 0 Å². The van der Waals surface area contributed by atoms with E-state index in [0.717, 1.165) is 42.2 Å². The standard InChI is InChI=1S/C19H30N4O/c1-12-18(13(2)22-21-12)15-8-9-16(20-11-19(4,5)6)17(10-15)23(7)14(3)24/h10,15H,8-9,11H2,1-7H3,(H,21,22). The zero-order valence-electron chi connectivity index (χ0n) is 16.0. The van der Waals surface area contributed by atoms with Gasteiger partial charge in [-0.05, 0) is 32.1 Å². The molecule has 1 N–H and O–H groups in total. The lowest BCUT2D eigenvalue weighted by molar-refractivity contribution is -0.125. The molecule has 24 heavy (non-hydrogen) atoms. The molecule has 5 nitrogen and oxygen atoms in total. The van der Waals surface area contributed by atoms with Crippen LogP contribution in [0.3, 0.4) is 0 Å². The van der Waals surface area contributed by atoms with Crippen LogP contribution in [-0.2, 0) is 4.79 Å². The van der Waals surface area contributed by atoms with Crippen molar-refractivity contribution in [3.8, 4) is 0 Å².